The maximum Gasteiger partial charge on any atom is 0.490 e. The van der Waals surface area contributed by atoms with E-state index in [1.165, 1.54) is 0 Å². The number of nitrogens with one attached hydrogen (secondary N) is 2. The number of anilines is 2. The van der Waals surface area contributed by atoms with E-state index in [1.54, 1.807) is 13.1 Å². The monoisotopic (exact) mass is 230 g/mol. The highest BCUT2D eigenvalue weighted by molar-refractivity contribution is 6.61. The number of hydrogen-bond acceptors (Lipinski definition) is 4. The number of hydrogen-bond donors (Lipinski definition) is 4. The molecule has 0 saturated carbocycles. The maximum absolute atomic E-state index is 9.35. The molecule has 5 heteroatoms. The van der Waals surface area contributed by atoms with Crippen molar-refractivity contribution in [1.82, 2.24) is 0 Å². The van der Waals surface area contributed by atoms with Gasteiger partial charge in [-0.25, -0.2) is 0 Å². The topological polar surface area (TPSA) is 64.5 Å². The standard InChI is InChI=1S/C12H15BN2O2/c1-14-10-5-3-4-8-6-7-9(13(16)17)12(15-2)11(8)10/h3-7,14-17H,1-2H3. The van der Waals surface area contributed by atoms with Gasteiger partial charge in [0.25, 0.3) is 0 Å². The Morgan fingerprint density at radius 2 is 1.76 bits per heavy atom. The van der Waals surface area contributed by atoms with Crippen LogP contribution in [0.25, 0.3) is 10.8 Å². The molecular formula is C12H15BN2O2. The molecular weight excluding hydrogens is 215 g/mol. The van der Waals surface area contributed by atoms with Gasteiger partial charge in [0.2, 0.25) is 0 Å². The predicted molar refractivity (Wildman–Crippen MR) is 72.9 cm³/mol. The molecule has 2 rings (SSSR count). The second-order valence-corrected chi connectivity index (χ2v) is 3.81. The minimum absolute atomic E-state index is 0.475. The van der Waals surface area contributed by atoms with Crippen molar-refractivity contribution in [1.29, 1.82) is 0 Å². The molecule has 0 amide bonds. The largest absolute Gasteiger partial charge is 0.490 e. The van der Waals surface area contributed by atoms with Gasteiger partial charge in [-0.15, -0.1) is 0 Å². The molecule has 0 saturated heterocycles. The fourth-order valence-electron chi connectivity index (χ4n) is 2.09. The van der Waals surface area contributed by atoms with Crippen molar-refractivity contribution in [3.05, 3.63) is 30.3 Å². The fraction of sp³-hybridized carbons (Fsp3) is 0.167. The van der Waals surface area contributed by atoms with Crippen LogP contribution in [0.4, 0.5) is 11.4 Å². The molecule has 88 valence electrons. The Morgan fingerprint density at radius 1 is 1.00 bits per heavy atom. The quantitative estimate of drug-likeness (QED) is 0.583. The van der Waals surface area contributed by atoms with Gasteiger partial charge in [0.05, 0.1) is 0 Å². The average Bonchev–Trinajstić information content (AvgIpc) is 2.36. The number of rotatable bonds is 3. The van der Waals surface area contributed by atoms with Crippen LogP contribution in [0.2, 0.25) is 0 Å². The van der Waals surface area contributed by atoms with E-state index >= 15 is 0 Å². The summed E-state index contributed by atoms with van der Waals surface area (Å²) in [5.41, 5.74) is 2.17. The molecule has 0 fully saturated rings. The summed E-state index contributed by atoms with van der Waals surface area (Å²) in [6.07, 6.45) is 0. The molecule has 0 bridgehead atoms. The summed E-state index contributed by atoms with van der Waals surface area (Å²) in [6.45, 7) is 0. The second-order valence-electron chi connectivity index (χ2n) is 3.81. The Morgan fingerprint density at radius 3 is 2.35 bits per heavy atom. The summed E-state index contributed by atoms with van der Waals surface area (Å²) in [6, 6.07) is 9.51. The minimum atomic E-state index is -1.48. The van der Waals surface area contributed by atoms with E-state index in [-0.39, 0.29) is 0 Å². The van der Waals surface area contributed by atoms with Crippen LogP contribution in [0.15, 0.2) is 30.3 Å². The van der Waals surface area contributed by atoms with Crippen molar-refractivity contribution < 1.29 is 10.0 Å². The highest BCUT2D eigenvalue weighted by atomic mass is 16.4. The van der Waals surface area contributed by atoms with Gasteiger partial charge < -0.3 is 20.7 Å². The van der Waals surface area contributed by atoms with Crippen LogP contribution in [0.3, 0.4) is 0 Å². The first kappa shape index (κ1) is 11.8. The third-order valence-electron chi connectivity index (χ3n) is 2.88. The summed E-state index contributed by atoms with van der Waals surface area (Å²) < 4.78 is 0. The van der Waals surface area contributed by atoms with Crippen LogP contribution in [-0.4, -0.2) is 31.3 Å². The lowest BCUT2D eigenvalue weighted by Crippen LogP contribution is -2.32. The zero-order valence-electron chi connectivity index (χ0n) is 9.86. The normalized spacial score (nSPS) is 10.4. The van der Waals surface area contributed by atoms with Crippen LogP contribution in [0, 0.1) is 0 Å². The van der Waals surface area contributed by atoms with Gasteiger partial charge >= 0.3 is 7.12 Å². The Hall–Kier alpha value is -1.72. The van der Waals surface area contributed by atoms with E-state index in [0.29, 0.717) is 5.46 Å². The van der Waals surface area contributed by atoms with Crippen molar-refractivity contribution in [2.24, 2.45) is 0 Å². The highest BCUT2D eigenvalue weighted by Gasteiger charge is 2.18. The van der Waals surface area contributed by atoms with Gasteiger partial charge in [-0.2, -0.15) is 0 Å². The Kier molecular flexibility index (Phi) is 3.22. The molecule has 2 aromatic rings. The third kappa shape index (κ3) is 1.95. The lowest BCUT2D eigenvalue weighted by Gasteiger charge is -2.15. The summed E-state index contributed by atoms with van der Waals surface area (Å²) in [7, 11) is 2.13. The molecule has 4 N–H and O–H groups in total. The summed E-state index contributed by atoms with van der Waals surface area (Å²) in [5.74, 6) is 0. The van der Waals surface area contributed by atoms with Crippen LogP contribution >= 0.6 is 0 Å². The molecule has 0 aliphatic rings. The molecule has 0 unspecified atom stereocenters. The Labute approximate surface area is 100 Å². The SMILES string of the molecule is CNc1cccc2ccc(B(O)O)c(NC)c12. The summed E-state index contributed by atoms with van der Waals surface area (Å²) >= 11 is 0. The van der Waals surface area contributed by atoms with Crippen LogP contribution in [0.5, 0.6) is 0 Å². The molecule has 0 aromatic heterocycles. The fourth-order valence-corrected chi connectivity index (χ4v) is 2.09. The van der Waals surface area contributed by atoms with Crippen LogP contribution in [0.1, 0.15) is 0 Å². The lowest BCUT2D eigenvalue weighted by molar-refractivity contribution is 0.426. The van der Waals surface area contributed by atoms with Crippen molar-refractivity contribution in [2.75, 3.05) is 24.7 Å². The van der Waals surface area contributed by atoms with Crippen molar-refractivity contribution in [3.63, 3.8) is 0 Å². The molecule has 0 atom stereocenters. The predicted octanol–water partition coefficient (Wildman–Crippen LogP) is 0.603. The van der Waals surface area contributed by atoms with E-state index in [0.717, 1.165) is 22.1 Å². The van der Waals surface area contributed by atoms with Crippen LogP contribution < -0.4 is 16.1 Å². The van der Waals surface area contributed by atoms with Crippen molar-refractivity contribution in [2.45, 2.75) is 0 Å². The van der Waals surface area contributed by atoms with Gasteiger partial charge in [-0.05, 0) is 11.5 Å². The average molecular weight is 230 g/mol. The number of benzene rings is 2. The van der Waals surface area contributed by atoms with Gasteiger partial charge in [-0.1, -0.05) is 24.3 Å². The molecule has 0 heterocycles. The van der Waals surface area contributed by atoms with Crippen LogP contribution in [-0.2, 0) is 0 Å². The van der Waals surface area contributed by atoms with E-state index in [9.17, 15) is 10.0 Å². The van der Waals surface area contributed by atoms with E-state index in [2.05, 4.69) is 10.6 Å². The van der Waals surface area contributed by atoms with Gasteiger partial charge in [0.15, 0.2) is 0 Å². The zero-order valence-corrected chi connectivity index (χ0v) is 9.86. The zero-order chi connectivity index (χ0) is 12.4. The first-order chi connectivity index (χ1) is 8.19. The second kappa shape index (κ2) is 4.65. The van der Waals surface area contributed by atoms with Gasteiger partial charge in [0.1, 0.15) is 0 Å². The Balaban J connectivity index is 2.83. The smallest absolute Gasteiger partial charge is 0.423 e. The first-order valence-electron chi connectivity index (χ1n) is 5.46. The summed E-state index contributed by atoms with van der Waals surface area (Å²) in [5, 5.41) is 26.9. The lowest BCUT2D eigenvalue weighted by atomic mass is 9.77. The minimum Gasteiger partial charge on any atom is -0.423 e. The van der Waals surface area contributed by atoms with Gasteiger partial charge in [0, 0.05) is 36.3 Å². The van der Waals surface area contributed by atoms with Gasteiger partial charge in [-0.3, -0.25) is 0 Å². The maximum atomic E-state index is 9.35. The van der Waals surface area contributed by atoms with Crippen molar-refractivity contribution >= 4 is 34.7 Å². The molecule has 17 heavy (non-hydrogen) atoms. The molecule has 0 aliphatic carbocycles. The molecule has 4 nitrogen and oxygen atoms in total. The number of fused-ring (bicyclic) bond motifs is 1. The third-order valence-corrected chi connectivity index (χ3v) is 2.88. The first-order valence-corrected chi connectivity index (χ1v) is 5.46. The Bertz CT molecular complexity index is 543. The highest BCUT2D eigenvalue weighted by Crippen LogP contribution is 2.29. The summed E-state index contributed by atoms with van der Waals surface area (Å²) in [4.78, 5) is 0. The van der Waals surface area contributed by atoms with E-state index in [4.69, 9.17) is 0 Å². The molecule has 0 aliphatic heterocycles. The van der Waals surface area contributed by atoms with E-state index < -0.39 is 7.12 Å². The molecule has 2 aromatic carbocycles. The van der Waals surface area contributed by atoms with E-state index in [1.807, 2.05) is 31.3 Å². The molecule has 0 radical (unpaired) electrons. The molecule has 0 spiro atoms. The van der Waals surface area contributed by atoms with Crippen molar-refractivity contribution in [3.8, 4) is 0 Å².